The normalized spacial score (nSPS) is 17.7. The van der Waals surface area contributed by atoms with Gasteiger partial charge in [-0.15, -0.1) is 11.6 Å². The van der Waals surface area contributed by atoms with Crippen LogP contribution in [0.25, 0.3) is 11.0 Å². The third-order valence-corrected chi connectivity index (χ3v) is 5.52. The van der Waals surface area contributed by atoms with Gasteiger partial charge in [0.1, 0.15) is 5.82 Å². The summed E-state index contributed by atoms with van der Waals surface area (Å²) in [5.74, 6) is 1.67. The molecule has 0 bridgehead atoms. The molecule has 0 atom stereocenters. The number of imidazole rings is 1. The molecule has 2 aromatic rings. The molecule has 0 radical (unpaired) electrons. The molecule has 114 valence electrons. The summed E-state index contributed by atoms with van der Waals surface area (Å²) < 4.78 is 2.34. The second-order valence-corrected chi connectivity index (χ2v) is 7.01. The maximum absolute atomic E-state index is 6.46. The van der Waals surface area contributed by atoms with E-state index in [-0.39, 0.29) is 0 Å². The largest absolute Gasteiger partial charge is 0.326 e. The maximum Gasteiger partial charge on any atom is 0.111 e. The molecule has 1 aromatic heterocycles. The average Bonchev–Trinajstić information content (AvgIpc) is 3.07. The predicted molar refractivity (Wildman–Crippen MR) is 90.4 cm³/mol. The zero-order valence-electron chi connectivity index (χ0n) is 12.5. The van der Waals surface area contributed by atoms with Crippen LogP contribution in [0.5, 0.6) is 0 Å². The van der Waals surface area contributed by atoms with Gasteiger partial charge in [0.15, 0.2) is 0 Å². The molecule has 1 saturated carbocycles. The van der Waals surface area contributed by atoms with Crippen LogP contribution in [-0.2, 0) is 13.0 Å². The smallest absolute Gasteiger partial charge is 0.111 e. The number of para-hydroxylation sites is 1. The summed E-state index contributed by atoms with van der Waals surface area (Å²) in [5, 5.41) is 0.796. The Morgan fingerprint density at radius 2 is 2.05 bits per heavy atom. The molecule has 0 unspecified atom stereocenters. The Kier molecular flexibility index (Phi) is 4.46. The molecule has 0 saturated heterocycles. The number of nitrogens with zero attached hydrogens (tertiary/aromatic N) is 2. The standard InChI is InChI=1S/C17H22Cl2N2/c1-2-17(9-3-4-10-17)12-21-15(8-11-18)20-14-7-5-6-13(19)16(14)21/h5-7H,2-4,8-12H2,1H3. The van der Waals surface area contributed by atoms with Crippen LogP contribution < -0.4 is 0 Å². The lowest BCUT2D eigenvalue weighted by atomic mass is 9.83. The highest BCUT2D eigenvalue weighted by Crippen LogP contribution is 2.43. The second-order valence-electron chi connectivity index (χ2n) is 6.22. The van der Waals surface area contributed by atoms with E-state index in [2.05, 4.69) is 11.5 Å². The molecule has 0 aliphatic heterocycles. The van der Waals surface area contributed by atoms with Crippen LogP contribution in [0.2, 0.25) is 5.02 Å². The van der Waals surface area contributed by atoms with E-state index in [1.807, 2.05) is 18.2 Å². The summed E-state index contributed by atoms with van der Waals surface area (Å²) in [6.45, 7) is 3.34. The van der Waals surface area contributed by atoms with Crippen molar-refractivity contribution in [3.63, 3.8) is 0 Å². The van der Waals surface area contributed by atoms with Gasteiger partial charge in [-0.2, -0.15) is 0 Å². The number of halogens is 2. The van der Waals surface area contributed by atoms with Gasteiger partial charge in [0.05, 0.1) is 16.1 Å². The van der Waals surface area contributed by atoms with Crippen molar-refractivity contribution in [2.24, 2.45) is 5.41 Å². The van der Waals surface area contributed by atoms with E-state index in [4.69, 9.17) is 28.2 Å². The van der Waals surface area contributed by atoms with Gasteiger partial charge in [0.25, 0.3) is 0 Å². The van der Waals surface area contributed by atoms with E-state index < -0.39 is 0 Å². The van der Waals surface area contributed by atoms with Gasteiger partial charge in [-0.3, -0.25) is 0 Å². The Hall–Kier alpha value is -0.730. The molecule has 1 heterocycles. The molecule has 1 fully saturated rings. The van der Waals surface area contributed by atoms with E-state index >= 15 is 0 Å². The van der Waals surface area contributed by atoms with Gasteiger partial charge in [-0.1, -0.05) is 37.4 Å². The van der Waals surface area contributed by atoms with Gasteiger partial charge >= 0.3 is 0 Å². The lowest BCUT2D eigenvalue weighted by molar-refractivity contribution is 0.238. The number of hydrogen-bond acceptors (Lipinski definition) is 1. The van der Waals surface area contributed by atoms with E-state index in [1.54, 1.807) is 0 Å². The Bertz CT molecular complexity index is 627. The van der Waals surface area contributed by atoms with Crippen molar-refractivity contribution in [3.8, 4) is 0 Å². The van der Waals surface area contributed by atoms with Gasteiger partial charge in [-0.25, -0.2) is 4.98 Å². The highest BCUT2D eigenvalue weighted by molar-refractivity contribution is 6.35. The van der Waals surface area contributed by atoms with Crippen LogP contribution in [0.15, 0.2) is 18.2 Å². The molecule has 0 spiro atoms. The summed E-state index contributed by atoms with van der Waals surface area (Å²) >= 11 is 12.4. The molecular formula is C17H22Cl2N2. The Labute approximate surface area is 136 Å². The first-order chi connectivity index (χ1) is 10.2. The summed E-state index contributed by atoms with van der Waals surface area (Å²) in [4.78, 5) is 4.76. The lowest BCUT2D eigenvalue weighted by Gasteiger charge is -2.29. The summed E-state index contributed by atoms with van der Waals surface area (Å²) in [6, 6.07) is 5.97. The molecule has 3 rings (SSSR count). The molecular weight excluding hydrogens is 303 g/mol. The van der Waals surface area contributed by atoms with Crippen LogP contribution >= 0.6 is 23.2 Å². The Morgan fingerprint density at radius 1 is 1.29 bits per heavy atom. The predicted octanol–water partition coefficient (Wildman–Crippen LogP) is 5.44. The summed E-state index contributed by atoms with van der Waals surface area (Å²) in [6.07, 6.45) is 7.34. The minimum absolute atomic E-state index is 0.411. The highest BCUT2D eigenvalue weighted by atomic mass is 35.5. The van der Waals surface area contributed by atoms with Crippen LogP contribution in [0.1, 0.15) is 44.9 Å². The van der Waals surface area contributed by atoms with Crippen molar-refractivity contribution in [1.29, 1.82) is 0 Å². The molecule has 1 aliphatic carbocycles. The zero-order chi connectivity index (χ0) is 14.9. The minimum atomic E-state index is 0.411. The SMILES string of the molecule is CCC1(Cn2c(CCCl)nc3cccc(Cl)c32)CCCC1. The molecule has 1 aliphatic rings. The number of aromatic nitrogens is 2. The fourth-order valence-corrected chi connectivity index (χ4v) is 4.16. The lowest BCUT2D eigenvalue weighted by Crippen LogP contribution is -2.24. The second kappa shape index (κ2) is 6.18. The molecule has 21 heavy (non-hydrogen) atoms. The first kappa shape index (κ1) is 15.2. The van der Waals surface area contributed by atoms with E-state index in [0.717, 1.165) is 34.8 Å². The third-order valence-electron chi connectivity index (χ3n) is 5.02. The van der Waals surface area contributed by atoms with Crippen LogP contribution in [0.3, 0.4) is 0 Å². The van der Waals surface area contributed by atoms with Crippen molar-refractivity contribution >= 4 is 34.2 Å². The number of benzene rings is 1. The van der Waals surface area contributed by atoms with Gasteiger partial charge in [-0.05, 0) is 36.8 Å². The number of hydrogen-bond donors (Lipinski definition) is 0. The van der Waals surface area contributed by atoms with E-state index in [0.29, 0.717) is 11.3 Å². The van der Waals surface area contributed by atoms with Crippen LogP contribution in [-0.4, -0.2) is 15.4 Å². The zero-order valence-corrected chi connectivity index (χ0v) is 14.1. The summed E-state index contributed by atoms with van der Waals surface area (Å²) in [5.41, 5.74) is 2.49. The van der Waals surface area contributed by atoms with E-state index in [9.17, 15) is 0 Å². The average molecular weight is 325 g/mol. The van der Waals surface area contributed by atoms with Gasteiger partial charge in [0.2, 0.25) is 0 Å². The Morgan fingerprint density at radius 3 is 2.71 bits per heavy atom. The van der Waals surface area contributed by atoms with Gasteiger partial charge < -0.3 is 4.57 Å². The minimum Gasteiger partial charge on any atom is -0.326 e. The fourth-order valence-electron chi connectivity index (χ4n) is 3.72. The maximum atomic E-state index is 6.46. The number of aryl methyl sites for hydroxylation is 1. The molecule has 2 nitrogen and oxygen atoms in total. The topological polar surface area (TPSA) is 17.8 Å². The molecule has 0 N–H and O–H groups in total. The third kappa shape index (κ3) is 2.80. The van der Waals surface area contributed by atoms with E-state index in [1.165, 1.54) is 32.1 Å². The molecule has 0 amide bonds. The van der Waals surface area contributed by atoms with Crippen LogP contribution in [0, 0.1) is 5.41 Å². The number of rotatable bonds is 5. The van der Waals surface area contributed by atoms with Crippen molar-refractivity contribution in [3.05, 3.63) is 29.0 Å². The van der Waals surface area contributed by atoms with Crippen molar-refractivity contribution in [1.82, 2.24) is 9.55 Å². The monoisotopic (exact) mass is 324 g/mol. The van der Waals surface area contributed by atoms with Crippen molar-refractivity contribution < 1.29 is 0 Å². The van der Waals surface area contributed by atoms with Crippen LogP contribution in [0.4, 0.5) is 0 Å². The van der Waals surface area contributed by atoms with Gasteiger partial charge in [0, 0.05) is 18.8 Å². The molecule has 4 heteroatoms. The highest BCUT2D eigenvalue weighted by Gasteiger charge is 2.33. The molecule has 1 aromatic carbocycles. The fraction of sp³-hybridized carbons (Fsp3) is 0.588. The van der Waals surface area contributed by atoms with Crippen molar-refractivity contribution in [2.45, 2.75) is 52.0 Å². The number of alkyl halides is 1. The number of fused-ring (bicyclic) bond motifs is 1. The summed E-state index contributed by atoms with van der Waals surface area (Å²) in [7, 11) is 0. The van der Waals surface area contributed by atoms with Crippen molar-refractivity contribution in [2.75, 3.05) is 5.88 Å². The first-order valence-corrected chi connectivity index (χ1v) is 8.80. The quantitative estimate of drug-likeness (QED) is 0.669. The Balaban J connectivity index is 2.08. The first-order valence-electron chi connectivity index (χ1n) is 7.89.